The number of carbonyl (C=O) groups excluding carboxylic acids is 1. The number of ether oxygens (including phenoxy) is 1. The summed E-state index contributed by atoms with van der Waals surface area (Å²) >= 11 is 3.39. The van der Waals surface area contributed by atoms with Crippen molar-refractivity contribution in [2.24, 2.45) is 0 Å². The number of carbonyl (C=O) groups is 2. The van der Waals surface area contributed by atoms with Gasteiger partial charge in [-0.1, -0.05) is 22.4 Å². The van der Waals surface area contributed by atoms with Crippen molar-refractivity contribution in [1.82, 2.24) is 0 Å². The van der Waals surface area contributed by atoms with Crippen LogP contribution in [0.25, 0.3) is 0 Å². The van der Waals surface area contributed by atoms with E-state index in [1.807, 2.05) is 18.2 Å². The number of carboxylic acids is 1. The predicted molar refractivity (Wildman–Crippen MR) is 78.1 cm³/mol. The van der Waals surface area contributed by atoms with E-state index in [0.29, 0.717) is 18.7 Å². The first kappa shape index (κ1) is 14.8. The molecule has 1 aliphatic heterocycles. The quantitative estimate of drug-likeness (QED) is 0.808. The molecule has 0 aromatic heterocycles. The fraction of sp³-hybridized carbons (Fsp3) is 0.429. The Morgan fingerprint density at radius 3 is 2.90 bits per heavy atom. The Kier molecular flexibility index (Phi) is 5.00. The lowest BCUT2D eigenvalue weighted by Gasteiger charge is -2.29. The highest BCUT2D eigenvalue weighted by Gasteiger charge is 2.25. The minimum atomic E-state index is -0.776. The lowest BCUT2D eigenvalue weighted by Crippen LogP contribution is -2.39. The molecule has 2 rings (SSSR count). The number of fused-ring (bicyclic) bond motifs is 1. The third kappa shape index (κ3) is 3.72. The van der Waals surface area contributed by atoms with E-state index in [1.54, 1.807) is 4.90 Å². The largest absolute Gasteiger partial charge is 0.482 e. The van der Waals surface area contributed by atoms with Gasteiger partial charge in [-0.3, -0.25) is 9.59 Å². The second-order valence-electron chi connectivity index (χ2n) is 4.65. The van der Waals surface area contributed by atoms with E-state index in [4.69, 9.17) is 9.84 Å². The van der Waals surface area contributed by atoms with Crippen LogP contribution in [0.2, 0.25) is 0 Å². The van der Waals surface area contributed by atoms with Gasteiger partial charge in [-0.05, 0) is 31.0 Å². The number of amides is 1. The molecule has 1 aliphatic rings. The van der Waals surface area contributed by atoms with Crippen LogP contribution in [0.1, 0.15) is 25.7 Å². The van der Waals surface area contributed by atoms with Crippen molar-refractivity contribution in [2.45, 2.75) is 25.7 Å². The third-order valence-electron chi connectivity index (χ3n) is 3.14. The summed E-state index contributed by atoms with van der Waals surface area (Å²) in [4.78, 5) is 24.1. The normalized spacial score (nSPS) is 13.8. The standard InChI is InChI=1S/C14H16BrNO4/c15-10-5-6-12-11(8-10)16(13(17)9-20-12)7-3-1-2-4-14(18)19/h5-6,8H,1-4,7,9H2,(H,18,19). The van der Waals surface area contributed by atoms with Crippen molar-refractivity contribution in [3.8, 4) is 5.75 Å². The number of carboxylic acid groups (broad SMARTS) is 1. The van der Waals surface area contributed by atoms with E-state index in [1.165, 1.54) is 0 Å². The van der Waals surface area contributed by atoms with Crippen LogP contribution in [-0.2, 0) is 9.59 Å². The highest BCUT2D eigenvalue weighted by Crippen LogP contribution is 2.34. The molecule has 0 bridgehead atoms. The maximum absolute atomic E-state index is 11.9. The van der Waals surface area contributed by atoms with Crippen LogP contribution in [0.4, 0.5) is 5.69 Å². The number of aliphatic carboxylic acids is 1. The minimum absolute atomic E-state index is 0.0593. The molecule has 1 heterocycles. The number of nitrogens with zero attached hydrogens (tertiary/aromatic N) is 1. The maximum Gasteiger partial charge on any atom is 0.303 e. The number of benzene rings is 1. The molecule has 1 aromatic carbocycles. The van der Waals surface area contributed by atoms with Crippen molar-refractivity contribution in [3.05, 3.63) is 22.7 Å². The van der Waals surface area contributed by atoms with E-state index in [-0.39, 0.29) is 18.9 Å². The Hall–Kier alpha value is -1.56. The Morgan fingerprint density at radius 1 is 1.35 bits per heavy atom. The molecular formula is C14H16BrNO4. The molecule has 1 N–H and O–H groups in total. The fourth-order valence-electron chi connectivity index (χ4n) is 2.14. The number of anilines is 1. The van der Waals surface area contributed by atoms with E-state index in [9.17, 15) is 9.59 Å². The fourth-order valence-corrected chi connectivity index (χ4v) is 2.49. The van der Waals surface area contributed by atoms with Crippen LogP contribution < -0.4 is 9.64 Å². The molecule has 0 aliphatic carbocycles. The van der Waals surface area contributed by atoms with Gasteiger partial charge >= 0.3 is 5.97 Å². The molecule has 0 unspecified atom stereocenters. The zero-order valence-corrected chi connectivity index (χ0v) is 12.6. The van der Waals surface area contributed by atoms with Gasteiger partial charge in [0.1, 0.15) is 5.75 Å². The van der Waals surface area contributed by atoms with E-state index < -0.39 is 5.97 Å². The SMILES string of the molecule is O=C(O)CCCCCN1C(=O)COc2ccc(Br)cc21. The Balaban J connectivity index is 1.95. The Bertz CT molecular complexity index is 518. The van der Waals surface area contributed by atoms with Gasteiger partial charge in [0, 0.05) is 17.4 Å². The third-order valence-corrected chi connectivity index (χ3v) is 3.63. The lowest BCUT2D eigenvalue weighted by atomic mass is 10.1. The van der Waals surface area contributed by atoms with Crippen molar-refractivity contribution in [2.75, 3.05) is 18.1 Å². The van der Waals surface area contributed by atoms with Crippen LogP contribution in [0.5, 0.6) is 5.75 Å². The summed E-state index contributed by atoms with van der Waals surface area (Å²) in [5.74, 6) is -0.131. The number of hydrogen-bond donors (Lipinski definition) is 1. The van der Waals surface area contributed by atoms with E-state index >= 15 is 0 Å². The molecule has 0 saturated heterocycles. The number of halogens is 1. The molecule has 0 radical (unpaired) electrons. The summed E-state index contributed by atoms with van der Waals surface area (Å²) in [6.07, 6.45) is 2.39. The number of unbranched alkanes of at least 4 members (excludes halogenated alkanes) is 2. The monoisotopic (exact) mass is 341 g/mol. The summed E-state index contributed by atoms with van der Waals surface area (Å²) in [6.45, 7) is 0.648. The van der Waals surface area contributed by atoms with Crippen LogP contribution in [0.3, 0.4) is 0 Å². The first-order valence-electron chi connectivity index (χ1n) is 6.52. The summed E-state index contributed by atoms with van der Waals surface area (Å²) < 4.78 is 6.28. The van der Waals surface area contributed by atoms with Crippen LogP contribution in [0.15, 0.2) is 22.7 Å². The summed E-state index contributed by atoms with van der Waals surface area (Å²) in [5.41, 5.74) is 0.772. The van der Waals surface area contributed by atoms with Gasteiger partial charge in [-0.15, -0.1) is 0 Å². The highest BCUT2D eigenvalue weighted by atomic mass is 79.9. The van der Waals surface area contributed by atoms with Crippen molar-refractivity contribution < 1.29 is 19.4 Å². The molecule has 0 saturated carbocycles. The average Bonchev–Trinajstić information content (AvgIpc) is 2.40. The maximum atomic E-state index is 11.9. The molecule has 6 heteroatoms. The van der Waals surface area contributed by atoms with Crippen LogP contribution in [0, 0.1) is 0 Å². The predicted octanol–water partition coefficient (Wildman–Crippen LogP) is 2.82. The van der Waals surface area contributed by atoms with E-state index in [0.717, 1.165) is 23.0 Å². The van der Waals surface area contributed by atoms with Crippen molar-refractivity contribution in [1.29, 1.82) is 0 Å². The second kappa shape index (κ2) is 6.74. The number of rotatable bonds is 6. The van der Waals surface area contributed by atoms with Gasteiger partial charge in [0.2, 0.25) is 0 Å². The average molecular weight is 342 g/mol. The first-order chi connectivity index (χ1) is 9.58. The summed E-state index contributed by atoms with van der Waals surface area (Å²) in [7, 11) is 0. The van der Waals surface area contributed by atoms with Gasteiger partial charge < -0.3 is 14.7 Å². The van der Waals surface area contributed by atoms with Gasteiger partial charge in [-0.25, -0.2) is 0 Å². The van der Waals surface area contributed by atoms with Gasteiger partial charge in [0.15, 0.2) is 6.61 Å². The molecule has 1 aromatic rings. The van der Waals surface area contributed by atoms with Gasteiger partial charge in [-0.2, -0.15) is 0 Å². The lowest BCUT2D eigenvalue weighted by molar-refractivity contribution is -0.137. The van der Waals surface area contributed by atoms with Gasteiger partial charge in [0.25, 0.3) is 5.91 Å². The Morgan fingerprint density at radius 2 is 2.15 bits per heavy atom. The van der Waals surface area contributed by atoms with Crippen molar-refractivity contribution in [3.63, 3.8) is 0 Å². The number of hydrogen-bond acceptors (Lipinski definition) is 3. The second-order valence-corrected chi connectivity index (χ2v) is 5.57. The smallest absolute Gasteiger partial charge is 0.303 e. The summed E-state index contributed by atoms with van der Waals surface area (Å²) in [5, 5.41) is 8.58. The highest BCUT2D eigenvalue weighted by molar-refractivity contribution is 9.10. The van der Waals surface area contributed by atoms with Crippen molar-refractivity contribution >= 4 is 33.5 Å². The van der Waals surface area contributed by atoms with E-state index in [2.05, 4.69) is 15.9 Å². The molecule has 0 spiro atoms. The van der Waals surface area contributed by atoms with Gasteiger partial charge in [0.05, 0.1) is 5.69 Å². The molecule has 0 fully saturated rings. The topological polar surface area (TPSA) is 66.8 Å². The summed E-state index contributed by atoms with van der Waals surface area (Å²) in [6, 6.07) is 5.58. The molecule has 20 heavy (non-hydrogen) atoms. The molecule has 0 atom stereocenters. The zero-order valence-electron chi connectivity index (χ0n) is 11.0. The van der Waals surface area contributed by atoms with Crippen LogP contribution in [-0.4, -0.2) is 30.1 Å². The minimum Gasteiger partial charge on any atom is -0.482 e. The first-order valence-corrected chi connectivity index (χ1v) is 7.32. The molecule has 1 amide bonds. The Labute approximate surface area is 125 Å². The molecular weight excluding hydrogens is 326 g/mol. The molecule has 5 nitrogen and oxygen atoms in total. The molecule has 108 valence electrons. The van der Waals surface area contributed by atoms with Crippen LogP contribution >= 0.6 is 15.9 Å². The zero-order chi connectivity index (χ0) is 14.5.